The van der Waals surface area contributed by atoms with Gasteiger partial charge in [-0.3, -0.25) is 14.2 Å². The standard InChI is InChI=1S/C22H23Cl2N3O4/c1-14(26(10-11-30-2)20(28)13-23)21-25-19-12-15(24)4-9-18(19)22(29)27(21)16-5-7-17(31-3)8-6-16/h4-9,12,14H,10-11,13H2,1-3H3. The average molecular weight is 464 g/mol. The Bertz CT molecular complexity index is 1130. The van der Waals surface area contributed by atoms with E-state index in [0.717, 1.165) is 0 Å². The molecule has 1 atom stereocenters. The molecule has 164 valence electrons. The largest absolute Gasteiger partial charge is 0.497 e. The van der Waals surface area contributed by atoms with E-state index in [1.165, 1.54) is 4.57 Å². The van der Waals surface area contributed by atoms with Gasteiger partial charge in [-0.05, 0) is 49.4 Å². The second-order valence-corrected chi connectivity index (χ2v) is 7.56. The van der Waals surface area contributed by atoms with Crippen LogP contribution in [-0.2, 0) is 9.53 Å². The predicted octanol–water partition coefficient (Wildman–Crippen LogP) is 3.82. The molecule has 0 fully saturated rings. The average Bonchev–Trinajstić information content (AvgIpc) is 2.78. The minimum Gasteiger partial charge on any atom is -0.497 e. The zero-order chi connectivity index (χ0) is 22.5. The van der Waals surface area contributed by atoms with Crippen LogP contribution in [0, 0.1) is 0 Å². The number of methoxy groups -OCH3 is 2. The van der Waals surface area contributed by atoms with E-state index in [1.807, 2.05) is 0 Å². The first-order valence-corrected chi connectivity index (χ1v) is 10.5. The molecule has 1 amide bonds. The highest BCUT2D eigenvalue weighted by Crippen LogP contribution is 2.25. The Hall–Kier alpha value is -2.61. The molecular formula is C22H23Cl2N3O4. The Morgan fingerprint density at radius 1 is 1.19 bits per heavy atom. The molecule has 0 radical (unpaired) electrons. The SMILES string of the molecule is COCCN(C(=O)CCl)C(C)c1nc2cc(Cl)ccc2c(=O)n1-c1ccc(OC)cc1. The highest BCUT2D eigenvalue weighted by Gasteiger charge is 2.26. The van der Waals surface area contributed by atoms with E-state index >= 15 is 0 Å². The summed E-state index contributed by atoms with van der Waals surface area (Å²) >= 11 is 12.0. The maximum Gasteiger partial charge on any atom is 0.266 e. The number of nitrogens with zero attached hydrogens (tertiary/aromatic N) is 3. The zero-order valence-electron chi connectivity index (χ0n) is 17.5. The van der Waals surface area contributed by atoms with E-state index < -0.39 is 6.04 Å². The first-order valence-electron chi connectivity index (χ1n) is 9.62. The molecule has 3 rings (SSSR count). The lowest BCUT2D eigenvalue weighted by Crippen LogP contribution is -2.40. The van der Waals surface area contributed by atoms with Crippen molar-refractivity contribution >= 4 is 40.0 Å². The van der Waals surface area contributed by atoms with Crippen molar-refractivity contribution in [3.8, 4) is 11.4 Å². The van der Waals surface area contributed by atoms with Crippen LogP contribution in [0.3, 0.4) is 0 Å². The molecule has 3 aromatic rings. The Morgan fingerprint density at radius 2 is 1.90 bits per heavy atom. The van der Waals surface area contributed by atoms with E-state index in [0.29, 0.717) is 46.3 Å². The van der Waals surface area contributed by atoms with Crippen LogP contribution in [0.2, 0.25) is 5.02 Å². The summed E-state index contributed by atoms with van der Waals surface area (Å²) in [6, 6.07) is 11.4. The number of ether oxygens (including phenoxy) is 2. The van der Waals surface area contributed by atoms with E-state index in [1.54, 1.807) is 68.5 Å². The van der Waals surface area contributed by atoms with Crippen molar-refractivity contribution in [3.05, 3.63) is 63.7 Å². The number of hydrogen-bond acceptors (Lipinski definition) is 5. The summed E-state index contributed by atoms with van der Waals surface area (Å²) in [7, 11) is 3.12. The maximum atomic E-state index is 13.5. The second-order valence-electron chi connectivity index (χ2n) is 6.86. The quantitative estimate of drug-likeness (QED) is 0.474. The smallest absolute Gasteiger partial charge is 0.266 e. The third kappa shape index (κ3) is 4.84. The van der Waals surface area contributed by atoms with Crippen LogP contribution in [0.25, 0.3) is 16.6 Å². The van der Waals surface area contributed by atoms with Gasteiger partial charge >= 0.3 is 0 Å². The number of rotatable bonds is 8. The Kier molecular flexibility index (Phi) is 7.54. The molecule has 0 aliphatic rings. The number of amides is 1. The van der Waals surface area contributed by atoms with Crippen LogP contribution in [-0.4, -0.2) is 53.6 Å². The Labute approximate surface area is 190 Å². The van der Waals surface area contributed by atoms with Gasteiger partial charge in [0.2, 0.25) is 5.91 Å². The van der Waals surface area contributed by atoms with Crippen molar-refractivity contribution in [1.29, 1.82) is 0 Å². The highest BCUT2D eigenvalue weighted by molar-refractivity contribution is 6.31. The topological polar surface area (TPSA) is 73.7 Å². The molecule has 0 bridgehead atoms. The van der Waals surface area contributed by atoms with Gasteiger partial charge in [-0.1, -0.05) is 11.6 Å². The van der Waals surface area contributed by atoms with Gasteiger partial charge in [0.1, 0.15) is 17.5 Å². The van der Waals surface area contributed by atoms with Crippen LogP contribution in [0.4, 0.5) is 0 Å². The predicted molar refractivity (Wildman–Crippen MR) is 122 cm³/mol. The van der Waals surface area contributed by atoms with Gasteiger partial charge in [-0.15, -0.1) is 11.6 Å². The fourth-order valence-corrected chi connectivity index (χ4v) is 3.70. The molecule has 0 aliphatic carbocycles. The first kappa shape index (κ1) is 23.1. The summed E-state index contributed by atoms with van der Waals surface area (Å²) in [6.45, 7) is 2.42. The lowest BCUT2D eigenvalue weighted by atomic mass is 10.1. The van der Waals surface area contributed by atoms with Crippen LogP contribution in [0.15, 0.2) is 47.3 Å². The normalized spacial score (nSPS) is 12.0. The van der Waals surface area contributed by atoms with Crippen molar-refractivity contribution < 1.29 is 14.3 Å². The Morgan fingerprint density at radius 3 is 2.52 bits per heavy atom. The number of benzene rings is 2. The molecule has 9 heteroatoms. The number of carbonyl (C=O) groups is 1. The van der Waals surface area contributed by atoms with Crippen LogP contribution < -0.4 is 10.3 Å². The second kappa shape index (κ2) is 10.1. The van der Waals surface area contributed by atoms with Gasteiger partial charge in [0.25, 0.3) is 5.56 Å². The molecule has 0 N–H and O–H groups in total. The highest BCUT2D eigenvalue weighted by atomic mass is 35.5. The summed E-state index contributed by atoms with van der Waals surface area (Å²) < 4.78 is 11.9. The minimum absolute atomic E-state index is 0.194. The molecule has 1 heterocycles. The molecule has 2 aromatic carbocycles. The van der Waals surface area contributed by atoms with Crippen LogP contribution in [0.5, 0.6) is 5.75 Å². The van der Waals surface area contributed by atoms with E-state index in [4.69, 9.17) is 37.7 Å². The summed E-state index contributed by atoms with van der Waals surface area (Å²) in [5.41, 5.74) is 0.787. The maximum absolute atomic E-state index is 13.5. The molecule has 0 aliphatic heterocycles. The summed E-state index contributed by atoms with van der Waals surface area (Å²) in [6.07, 6.45) is 0. The number of fused-ring (bicyclic) bond motifs is 1. The lowest BCUT2D eigenvalue weighted by Gasteiger charge is -2.30. The first-order chi connectivity index (χ1) is 14.9. The molecule has 1 unspecified atom stereocenters. The molecule has 1 aromatic heterocycles. The third-order valence-electron chi connectivity index (χ3n) is 5.00. The summed E-state index contributed by atoms with van der Waals surface area (Å²) in [5.74, 6) is 0.568. The summed E-state index contributed by atoms with van der Waals surface area (Å²) in [4.78, 5) is 32.3. The van der Waals surface area contributed by atoms with Crippen molar-refractivity contribution in [2.45, 2.75) is 13.0 Å². The molecule has 0 saturated carbocycles. The lowest BCUT2D eigenvalue weighted by molar-refractivity contribution is -0.131. The van der Waals surface area contributed by atoms with Crippen molar-refractivity contribution in [3.63, 3.8) is 0 Å². The zero-order valence-corrected chi connectivity index (χ0v) is 19.0. The molecule has 0 spiro atoms. The van der Waals surface area contributed by atoms with Crippen molar-refractivity contribution in [2.24, 2.45) is 0 Å². The number of alkyl halides is 1. The fraction of sp³-hybridized carbons (Fsp3) is 0.318. The number of aromatic nitrogens is 2. The Balaban J connectivity index is 2.25. The molecular weight excluding hydrogens is 441 g/mol. The van der Waals surface area contributed by atoms with Crippen molar-refractivity contribution in [1.82, 2.24) is 14.5 Å². The molecule has 7 nitrogen and oxygen atoms in total. The van der Waals surface area contributed by atoms with E-state index in [-0.39, 0.29) is 17.3 Å². The minimum atomic E-state index is -0.556. The fourth-order valence-electron chi connectivity index (χ4n) is 3.38. The van der Waals surface area contributed by atoms with Gasteiger partial charge in [0, 0.05) is 18.7 Å². The monoisotopic (exact) mass is 463 g/mol. The van der Waals surface area contributed by atoms with Crippen molar-refractivity contribution in [2.75, 3.05) is 33.3 Å². The van der Waals surface area contributed by atoms with Gasteiger partial charge < -0.3 is 14.4 Å². The van der Waals surface area contributed by atoms with Gasteiger partial charge in [0.15, 0.2) is 0 Å². The van der Waals surface area contributed by atoms with E-state index in [9.17, 15) is 9.59 Å². The van der Waals surface area contributed by atoms with E-state index in [2.05, 4.69) is 0 Å². The van der Waals surface area contributed by atoms with Gasteiger partial charge in [0.05, 0.1) is 36.3 Å². The van der Waals surface area contributed by atoms with Gasteiger partial charge in [-0.25, -0.2) is 4.98 Å². The summed E-state index contributed by atoms with van der Waals surface area (Å²) in [5, 5.41) is 0.886. The molecule has 31 heavy (non-hydrogen) atoms. The molecule has 0 saturated heterocycles. The number of halogens is 2. The van der Waals surface area contributed by atoms with Crippen LogP contribution in [0.1, 0.15) is 18.8 Å². The number of carbonyl (C=O) groups excluding carboxylic acids is 1. The third-order valence-corrected chi connectivity index (χ3v) is 5.46. The number of hydrogen-bond donors (Lipinski definition) is 0. The van der Waals surface area contributed by atoms with Crippen LogP contribution >= 0.6 is 23.2 Å². The van der Waals surface area contributed by atoms with Gasteiger partial charge in [-0.2, -0.15) is 0 Å².